The molecule has 5 heteroatoms. The third kappa shape index (κ3) is 2.88. The molecule has 2 aliphatic carbocycles. The molecule has 0 aromatic carbocycles. The Kier molecular flexibility index (Phi) is 4.08. The SMILES string of the molecule is CC1CC2(CCN1C1CCC1)NC(=O)NC2=NC1CCCCC1. The van der Waals surface area contributed by atoms with Crippen LogP contribution < -0.4 is 10.6 Å². The van der Waals surface area contributed by atoms with Crippen molar-refractivity contribution in [2.75, 3.05) is 6.54 Å². The Morgan fingerprint density at radius 3 is 2.57 bits per heavy atom. The number of hydrogen-bond acceptors (Lipinski definition) is 3. The summed E-state index contributed by atoms with van der Waals surface area (Å²) in [5.74, 6) is 0.939. The quantitative estimate of drug-likeness (QED) is 0.822. The van der Waals surface area contributed by atoms with E-state index >= 15 is 0 Å². The van der Waals surface area contributed by atoms with Crippen molar-refractivity contribution in [3.8, 4) is 0 Å². The lowest BCUT2D eigenvalue weighted by Gasteiger charge is -2.49. The summed E-state index contributed by atoms with van der Waals surface area (Å²) in [5.41, 5.74) is -0.228. The zero-order valence-corrected chi connectivity index (χ0v) is 14.3. The summed E-state index contributed by atoms with van der Waals surface area (Å²) < 4.78 is 0. The van der Waals surface area contributed by atoms with Crippen LogP contribution >= 0.6 is 0 Å². The van der Waals surface area contributed by atoms with Crippen molar-refractivity contribution in [1.82, 2.24) is 15.5 Å². The predicted octanol–water partition coefficient (Wildman–Crippen LogP) is 2.81. The minimum atomic E-state index is -0.228. The lowest BCUT2D eigenvalue weighted by atomic mass is 9.80. The number of carbonyl (C=O) groups excluding carboxylic acids is 1. The molecule has 0 radical (unpaired) electrons. The lowest BCUT2D eigenvalue weighted by Crippen LogP contribution is -2.60. The normalized spacial score (nSPS) is 38.6. The first-order valence-corrected chi connectivity index (χ1v) is 9.59. The van der Waals surface area contributed by atoms with Crippen LogP contribution in [0.5, 0.6) is 0 Å². The summed E-state index contributed by atoms with van der Waals surface area (Å²) in [5, 5.41) is 6.26. The number of piperidine rings is 1. The maximum absolute atomic E-state index is 12.0. The molecule has 4 rings (SSSR count). The number of hydrogen-bond donors (Lipinski definition) is 2. The van der Waals surface area contributed by atoms with Crippen LogP contribution in [-0.4, -0.2) is 47.0 Å². The van der Waals surface area contributed by atoms with E-state index in [9.17, 15) is 4.79 Å². The van der Waals surface area contributed by atoms with Crippen LogP contribution in [-0.2, 0) is 0 Å². The Morgan fingerprint density at radius 1 is 1.13 bits per heavy atom. The highest BCUT2D eigenvalue weighted by molar-refractivity contribution is 6.10. The molecule has 5 nitrogen and oxygen atoms in total. The Balaban J connectivity index is 1.51. The molecule has 4 aliphatic rings. The molecule has 0 bridgehead atoms. The average Bonchev–Trinajstić information content (AvgIpc) is 2.76. The topological polar surface area (TPSA) is 56.7 Å². The standard InChI is InChI=1S/C18H30N4O/c1-13-12-18(10-11-22(13)15-8-5-9-15)16(20-17(23)21-18)19-14-6-3-2-4-7-14/h13-15H,2-12H2,1H3,(H2,19,20,21,23). The van der Waals surface area contributed by atoms with Gasteiger partial charge in [-0.3, -0.25) is 15.2 Å². The summed E-state index contributed by atoms with van der Waals surface area (Å²) in [6.07, 6.45) is 12.3. The Bertz CT molecular complexity index is 495. The van der Waals surface area contributed by atoms with Crippen LogP contribution in [0.4, 0.5) is 4.79 Å². The molecule has 2 N–H and O–H groups in total. The summed E-state index contributed by atoms with van der Waals surface area (Å²) in [4.78, 5) is 19.7. The fourth-order valence-electron chi connectivity index (χ4n) is 4.94. The molecule has 2 unspecified atom stereocenters. The van der Waals surface area contributed by atoms with Crippen molar-refractivity contribution in [2.45, 2.75) is 94.8 Å². The first-order valence-electron chi connectivity index (χ1n) is 9.59. The van der Waals surface area contributed by atoms with E-state index in [0.29, 0.717) is 12.1 Å². The molecule has 2 amide bonds. The molecule has 2 saturated heterocycles. The van der Waals surface area contributed by atoms with Crippen LogP contribution in [0.25, 0.3) is 0 Å². The molecular weight excluding hydrogens is 288 g/mol. The van der Waals surface area contributed by atoms with E-state index in [0.717, 1.165) is 31.3 Å². The molecular formula is C18H30N4O. The molecule has 4 fully saturated rings. The molecule has 0 aromatic rings. The van der Waals surface area contributed by atoms with E-state index in [1.54, 1.807) is 0 Å². The molecule has 2 aliphatic heterocycles. The van der Waals surface area contributed by atoms with Gasteiger partial charge in [-0.05, 0) is 45.4 Å². The molecule has 2 atom stereocenters. The van der Waals surface area contributed by atoms with Gasteiger partial charge in [0.1, 0.15) is 11.4 Å². The van der Waals surface area contributed by atoms with E-state index in [1.165, 1.54) is 51.4 Å². The van der Waals surface area contributed by atoms with E-state index in [4.69, 9.17) is 4.99 Å². The van der Waals surface area contributed by atoms with Crippen LogP contribution in [0.2, 0.25) is 0 Å². The molecule has 128 valence electrons. The second-order valence-electron chi connectivity index (χ2n) is 8.06. The van der Waals surface area contributed by atoms with E-state index in [-0.39, 0.29) is 11.6 Å². The van der Waals surface area contributed by atoms with E-state index < -0.39 is 0 Å². The largest absolute Gasteiger partial charge is 0.325 e. The second kappa shape index (κ2) is 6.08. The van der Waals surface area contributed by atoms with E-state index in [1.807, 2.05) is 0 Å². The fourth-order valence-corrected chi connectivity index (χ4v) is 4.94. The van der Waals surface area contributed by atoms with Gasteiger partial charge in [0.05, 0.1) is 6.04 Å². The Morgan fingerprint density at radius 2 is 1.91 bits per heavy atom. The smallest absolute Gasteiger partial charge is 0.321 e. The van der Waals surface area contributed by atoms with Crippen molar-refractivity contribution in [1.29, 1.82) is 0 Å². The minimum Gasteiger partial charge on any atom is -0.325 e. The van der Waals surface area contributed by atoms with Crippen molar-refractivity contribution in [3.05, 3.63) is 0 Å². The number of urea groups is 1. The van der Waals surface area contributed by atoms with Gasteiger partial charge in [-0.2, -0.15) is 0 Å². The summed E-state index contributed by atoms with van der Waals surface area (Å²) in [6, 6.07) is 1.66. The van der Waals surface area contributed by atoms with Gasteiger partial charge in [0.2, 0.25) is 0 Å². The number of rotatable bonds is 2. The second-order valence-corrected chi connectivity index (χ2v) is 8.06. The zero-order valence-electron chi connectivity index (χ0n) is 14.3. The van der Waals surface area contributed by atoms with Crippen molar-refractivity contribution in [3.63, 3.8) is 0 Å². The molecule has 23 heavy (non-hydrogen) atoms. The van der Waals surface area contributed by atoms with Gasteiger partial charge < -0.3 is 5.32 Å². The first-order chi connectivity index (χ1) is 11.2. The Labute approximate surface area is 139 Å². The number of likely N-dealkylation sites (tertiary alicyclic amines) is 1. The van der Waals surface area contributed by atoms with Crippen LogP contribution in [0.1, 0.15) is 71.1 Å². The van der Waals surface area contributed by atoms with Gasteiger partial charge in [-0.25, -0.2) is 4.79 Å². The lowest BCUT2D eigenvalue weighted by molar-refractivity contribution is 0.0408. The predicted molar refractivity (Wildman–Crippen MR) is 91.7 cm³/mol. The molecule has 0 aromatic heterocycles. The highest BCUT2D eigenvalue weighted by Gasteiger charge is 2.49. The highest BCUT2D eigenvalue weighted by atomic mass is 16.2. The highest BCUT2D eigenvalue weighted by Crippen LogP contribution is 2.36. The molecule has 2 heterocycles. The zero-order chi connectivity index (χ0) is 15.9. The van der Waals surface area contributed by atoms with Crippen LogP contribution in [0, 0.1) is 0 Å². The van der Waals surface area contributed by atoms with E-state index in [2.05, 4.69) is 22.5 Å². The van der Waals surface area contributed by atoms with Gasteiger partial charge in [-0.15, -0.1) is 0 Å². The number of nitrogens with one attached hydrogen (secondary N) is 2. The maximum atomic E-state index is 12.0. The van der Waals surface area contributed by atoms with Gasteiger partial charge in [0.15, 0.2) is 0 Å². The summed E-state index contributed by atoms with van der Waals surface area (Å²) >= 11 is 0. The number of nitrogens with zero attached hydrogens (tertiary/aromatic N) is 2. The summed E-state index contributed by atoms with van der Waals surface area (Å²) in [6.45, 7) is 3.40. The molecule has 1 spiro atoms. The van der Waals surface area contributed by atoms with Crippen LogP contribution in [0.15, 0.2) is 4.99 Å². The third-order valence-electron chi connectivity index (χ3n) is 6.47. The number of amides is 2. The van der Waals surface area contributed by atoms with Crippen molar-refractivity contribution < 1.29 is 4.79 Å². The number of carbonyl (C=O) groups is 1. The molecule has 2 saturated carbocycles. The average molecular weight is 318 g/mol. The van der Waals surface area contributed by atoms with Gasteiger partial charge in [0.25, 0.3) is 0 Å². The third-order valence-corrected chi connectivity index (χ3v) is 6.47. The number of amidine groups is 1. The van der Waals surface area contributed by atoms with Gasteiger partial charge >= 0.3 is 6.03 Å². The minimum absolute atomic E-state index is 0.0520. The monoisotopic (exact) mass is 318 g/mol. The number of aliphatic imine (C=N–C) groups is 1. The Hall–Kier alpha value is -1.10. The summed E-state index contributed by atoms with van der Waals surface area (Å²) in [7, 11) is 0. The maximum Gasteiger partial charge on any atom is 0.321 e. The van der Waals surface area contributed by atoms with Gasteiger partial charge in [-0.1, -0.05) is 25.7 Å². The van der Waals surface area contributed by atoms with Crippen LogP contribution in [0.3, 0.4) is 0 Å². The van der Waals surface area contributed by atoms with Crippen molar-refractivity contribution >= 4 is 11.9 Å². The fraction of sp³-hybridized carbons (Fsp3) is 0.889. The van der Waals surface area contributed by atoms with Crippen molar-refractivity contribution in [2.24, 2.45) is 4.99 Å². The first kappa shape index (κ1) is 15.4. The van der Waals surface area contributed by atoms with Gasteiger partial charge in [0, 0.05) is 18.6 Å².